The molecule has 1 N–H and O–H groups in total. The van der Waals surface area contributed by atoms with Crippen molar-refractivity contribution in [1.82, 2.24) is 0 Å². The number of hydrazone groups is 1. The first kappa shape index (κ1) is 21.8. The Morgan fingerprint density at radius 2 is 1.86 bits per heavy atom. The molecule has 0 aliphatic heterocycles. The number of aryl methyl sites for hydroxylation is 1. The third-order valence-corrected chi connectivity index (χ3v) is 5.37. The summed E-state index contributed by atoms with van der Waals surface area (Å²) in [6.45, 7) is 3.24. The third-order valence-electron chi connectivity index (χ3n) is 3.71. The number of hydrogen-bond donors (Lipinski definition) is 1. The molecule has 29 heavy (non-hydrogen) atoms. The fourth-order valence-corrected chi connectivity index (χ4v) is 3.41. The summed E-state index contributed by atoms with van der Waals surface area (Å²) >= 11 is 0. The summed E-state index contributed by atoms with van der Waals surface area (Å²) in [6.07, 6.45) is 0. The number of benzene rings is 2. The minimum Gasteiger partial charge on any atom is -0.495 e. The van der Waals surface area contributed by atoms with Gasteiger partial charge in [0.15, 0.2) is 0 Å². The van der Waals surface area contributed by atoms with Crippen LogP contribution in [0.3, 0.4) is 0 Å². The maximum atomic E-state index is 12.9. The molecule has 0 unspecified atom stereocenters. The Labute approximate surface area is 167 Å². The highest BCUT2D eigenvalue weighted by Gasteiger charge is 2.31. The summed E-state index contributed by atoms with van der Waals surface area (Å²) in [5, 5.41) is 13.8. The number of anilines is 1. The number of nitrogens with one attached hydrogen (secondary N) is 1. The Morgan fingerprint density at radius 3 is 2.41 bits per heavy atom. The van der Waals surface area contributed by atoms with E-state index in [4.69, 9.17) is 9.47 Å². The predicted molar refractivity (Wildman–Crippen MR) is 106 cm³/mol. The smallest absolute Gasteiger partial charge is 0.371 e. The van der Waals surface area contributed by atoms with Crippen molar-refractivity contribution in [3.63, 3.8) is 0 Å². The number of carbonyl (C=O) groups is 1. The Hall–Kier alpha value is -3.47. The molecule has 154 valence electrons. The van der Waals surface area contributed by atoms with E-state index in [2.05, 4.69) is 10.5 Å². The lowest BCUT2D eigenvalue weighted by atomic mass is 10.2. The number of ether oxygens (including phenoxy) is 2. The lowest BCUT2D eigenvalue weighted by Gasteiger charge is -2.10. The highest BCUT2D eigenvalue weighted by Crippen LogP contribution is 2.29. The van der Waals surface area contributed by atoms with Gasteiger partial charge in [-0.25, -0.2) is 13.2 Å². The minimum atomic E-state index is -4.32. The van der Waals surface area contributed by atoms with Gasteiger partial charge < -0.3 is 9.47 Å². The number of nitro benzene ring substituents is 1. The Kier molecular flexibility index (Phi) is 6.89. The van der Waals surface area contributed by atoms with Crippen LogP contribution in [0.1, 0.15) is 12.5 Å². The SMILES string of the molecule is CCOC(=O)/C(=N/Nc1cc([N+](=O)[O-])ccc1OC)S(=O)(=O)c1ccc(C)cc1. The zero-order valence-corrected chi connectivity index (χ0v) is 16.7. The number of esters is 1. The van der Waals surface area contributed by atoms with Gasteiger partial charge in [0.2, 0.25) is 9.84 Å². The van der Waals surface area contributed by atoms with Gasteiger partial charge in [-0.3, -0.25) is 15.5 Å². The third kappa shape index (κ3) is 5.08. The number of sulfone groups is 1. The number of methoxy groups -OCH3 is 1. The monoisotopic (exact) mass is 421 g/mol. The molecule has 0 bridgehead atoms. The molecule has 11 heteroatoms. The van der Waals surface area contributed by atoms with Crippen LogP contribution in [0.25, 0.3) is 0 Å². The second-order valence-corrected chi connectivity index (χ2v) is 7.57. The summed E-state index contributed by atoms with van der Waals surface area (Å²) in [4.78, 5) is 22.5. The van der Waals surface area contributed by atoms with Gasteiger partial charge in [0.1, 0.15) is 11.4 Å². The molecule has 0 heterocycles. The molecule has 2 rings (SSSR count). The minimum absolute atomic E-state index is 0.00241. The molecule has 0 spiro atoms. The first-order valence-corrected chi connectivity index (χ1v) is 9.84. The Bertz CT molecular complexity index is 1050. The van der Waals surface area contributed by atoms with Crippen molar-refractivity contribution in [3.05, 3.63) is 58.1 Å². The maximum Gasteiger partial charge on any atom is 0.371 e. The molecule has 2 aromatic carbocycles. The van der Waals surface area contributed by atoms with E-state index in [-0.39, 0.29) is 28.6 Å². The second kappa shape index (κ2) is 9.15. The molecular weight excluding hydrogens is 402 g/mol. The van der Waals surface area contributed by atoms with Gasteiger partial charge in [0, 0.05) is 12.1 Å². The molecule has 2 aromatic rings. The molecule has 0 amide bonds. The Balaban J connectivity index is 2.52. The molecule has 0 saturated heterocycles. The fourth-order valence-electron chi connectivity index (χ4n) is 2.25. The lowest BCUT2D eigenvalue weighted by molar-refractivity contribution is -0.384. The van der Waals surface area contributed by atoms with E-state index in [1.807, 2.05) is 0 Å². The van der Waals surface area contributed by atoms with E-state index in [1.54, 1.807) is 19.1 Å². The van der Waals surface area contributed by atoms with Crippen molar-refractivity contribution in [2.45, 2.75) is 18.7 Å². The second-order valence-electron chi connectivity index (χ2n) is 5.71. The first-order chi connectivity index (χ1) is 13.7. The normalized spacial score (nSPS) is 11.6. The van der Waals surface area contributed by atoms with E-state index in [0.29, 0.717) is 0 Å². The van der Waals surface area contributed by atoms with Crippen LogP contribution in [0.4, 0.5) is 11.4 Å². The van der Waals surface area contributed by atoms with Crippen molar-refractivity contribution in [3.8, 4) is 5.75 Å². The number of non-ortho nitro benzene ring substituents is 1. The van der Waals surface area contributed by atoms with Crippen LogP contribution in [0.15, 0.2) is 52.5 Å². The van der Waals surface area contributed by atoms with Gasteiger partial charge in [-0.15, -0.1) is 0 Å². The van der Waals surface area contributed by atoms with Crippen molar-refractivity contribution in [1.29, 1.82) is 0 Å². The van der Waals surface area contributed by atoms with Crippen LogP contribution in [-0.2, 0) is 19.4 Å². The number of nitrogens with zero attached hydrogens (tertiary/aromatic N) is 2. The van der Waals surface area contributed by atoms with Gasteiger partial charge in [-0.1, -0.05) is 17.7 Å². The quantitative estimate of drug-likeness (QED) is 0.247. The zero-order chi connectivity index (χ0) is 21.6. The first-order valence-electron chi connectivity index (χ1n) is 8.35. The number of rotatable bonds is 6. The number of hydrogen-bond acceptors (Lipinski definition) is 9. The largest absolute Gasteiger partial charge is 0.495 e. The summed E-state index contributed by atoms with van der Waals surface area (Å²) < 4.78 is 35.7. The molecule has 10 nitrogen and oxygen atoms in total. The van der Waals surface area contributed by atoms with E-state index >= 15 is 0 Å². The lowest BCUT2D eigenvalue weighted by Crippen LogP contribution is -2.28. The average Bonchev–Trinajstić information content (AvgIpc) is 2.68. The van der Waals surface area contributed by atoms with E-state index in [1.165, 1.54) is 38.3 Å². The molecule has 0 aliphatic rings. The highest BCUT2D eigenvalue weighted by atomic mass is 32.2. The molecule has 0 fully saturated rings. The fraction of sp³-hybridized carbons (Fsp3) is 0.222. The summed E-state index contributed by atoms with van der Waals surface area (Å²) in [5.41, 5.74) is 2.92. The van der Waals surface area contributed by atoms with Crippen LogP contribution < -0.4 is 10.2 Å². The van der Waals surface area contributed by atoms with Gasteiger partial charge in [-0.2, -0.15) is 5.10 Å². The van der Waals surface area contributed by atoms with Gasteiger partial charge in [0.25, 0.3) is 10.7 Å². The van der Waals surface area contributed by atoms with Crippen molar-refractivity contribution in [2.24, 2.45) is 5.10 Å². The van der Waals surface area contributed by atoms with Crippen molar-refractivity contribution in [2.75, 3.05) is 19.1 Å². The van der Waals surface area contributed by atoms with Gasteiger partial charge >= 0.3 is 5.97 Å². The maximum absolute atomic E-state index is 12.9. The summed E-state index contributed by atoms with van der Waals surface area (Å²) in [5.74, 6) is -1.000. The average molecular weight is 421 g/mol. The van der Waals surface area contributed by atoms with Crippen molar-refractivity contribution < 1.29 is 27.6 Å². The summed E-state index contributed by atoms with van der Waals surface area (Å²) in [6, 6.07) is 9.46. The van der Waals surface area contributed by atoms with Crippen LogP contribution in [-0.4, -0.2) is 38.1 Å². The van der Waals surface area contributed by atoms with Gasteiger partial charge in [0.05, 0.1) is 23.5 Å². The van der Waals surface area contributed by atoms with E-state index in [9.17, 15) is 23.3 Å². The Morgan fingerprint density at radius 1 is 1.21 bits per heavy atom. The van der Waals surface area contributed by atoms with Crippen LogP contribution in [0.5, 0.6) is 5.75 Å². The standard InChI is InChI=1S/C18H19N3O7S/c1-4-28-18(22)17(29(25,26)14-8-5-12(2)6-9-14)20-19-15-11-13(21(23)24)7-10-16(15)27-3/h5-11,19H,4H2,1-3H3/b20-17-. The molecule has 0 atom stereocenters. The van der Waals surface area contributed by atoms with Crippen LogP contribution in [0.2, 0.25) is 0 Å². The highest BCUT2D eigenvalue weighted by molar-refractivity contribution is 8.08. The molecule has 0 aliphatic carbocycles. The van der Waals surface area contributed by atoms with E-state index in [0.717, 1.165) is 11.6 Å². The topological polar surface area (TPSA) is 137 Å². The molecule has 0 saturated carbocycles. The number of carbonyl (C=O) groups excluding carboxylic acids is 1. The van der Waals surface area contributed by atoms with Crippen LogP contribution in [0, 0.1) is 17.0 Å². The van der Waals surface area contributed by atoms with Crippen molar-refractivity contribution >= 4 is 32.2 Å². The molecular formula is C18H19N3O7S. The van der Waals surface area contributed by atoms with Gasteiger partial charge in [-0.05, 0) is 32.0 Å². The predicted octanol–water partition coefficient (Wildman–Crippen LogP) is 2.67. The summed E-state index contributed by atoms with van der Waals surface area (Å²) in [7, 11) is -2.99. The molecule has 0 radical (unpaired) electrons. The number of nitro groups is 1. The zero-order valence-electron chi connectivity index (χ0n) is 15.9. The molecule has 0 aromatic heterocycles. The van der Waals surface area contributed by atoms with Crippen LogP contribution >= 0.6 is 0 Å². The van der Waals surface area contributed by atoms with E-state index < -0.39 is 25.8 Å².